The number of Topliss-reactive ketones (excluding diaryl/α,β-unsaturated/α-hetero) is 1. The summed E-state index contributed by atoms with van der Waals surface area (Å²) in [7, 11) is 1.13. The Morgan fingerprint density at radius 2 is 1.41 bits per heavy atom. The normalized spacial score (nSPS) is 21.8. The molecule has 5 atom stereocenters. The number of amides is 1. The molecule has 0 saturated carbocycles. The summed E-state index contributed by atoms with van der Waals surface area (Å²) < 4.78 is 33.1. The maximum Gasteiger partial charge on any atom is 0.367 e. The number of ketones is 1. The van der Waals surface area contributed by atoms with Crippen LogP contribution in [0.2, 0.25) is 0 Å². The fourth-order valence-corrected chi connectivity index (χ4v) is 4.76. The first-order chi connectivity index (χ1) is 20.9. The third-order valence-corrected chi connectivity index (χ3v) is 6.62. The largest absolute Gasteiger partial charge is 0.461 e. The van der Waals surface area contributed by atoms with Crippen molar-refractivity contribution < 1.29 is 57.2 Å². The van der Waals surface area contributed by atoms with Crippen LogP contribution < -0.4 is 5.32 Å². The summed E-state index contributed by atoms with van der Waals surface area (Å²) in [6, 6.07) is 16.3. The fraction of sp³-hybridized carbons (Fsp3) is 0.419. The summed E-state index contributed by atoms with van der Waals surface area (Å²) in [4.78, 5) is 75.6. The van der Waals surface area contributed by atoms with Crippen molar-refractivity contribution in [1.82, 2.24) is 5.32 Å². The standard InChI is InChI=1S/C31H35NO12/c1-18(33)32-26-24(41-20(3)35)16-31(39-5,44-29(26)27(37)25(42-21(4)36)17-40-19(2)34)30(38)43-28(22-12-8-6-9-13-22)23-14-10-7-11-15-23/h6-15,24-26,28-29H,16-17H2,1-5H3,(H,32,33)/t24-,25+,26+,29+,31-/m0/s1. The monoisotopic (exact) mass is 613 g/mol. The second-order valence-corrected chi connectivity index (χ2v) is 9.98. The number of methoxy groups -OCH3 is 1. The van der Waals surface area contributed by atoms with Gasteiger partial charge in [-0.25, -0.2) is 4.79 Å². The summed E-state index contributed by atoms with van der Waals surface area (Å²) in [5.41, 5.74) is 1.23. The second-order valence-electron chi connectivity index (χ2n) is 9.98. The van der Waals surface area contributed by atoms with Crippen LogP contribution in [0.25, 0.3) is 0 Å². The van der Waals surface area contributed by atoms with Crippen molar-refractivity contribution in [2.24, 2.45) is 0 Å². The predicted molar refractivity (Wildman–Crippen MR) is 150 cm³/mol. The topological polar surface area (TPSA) is 170 Å². The highest BCUT2D eigenvalue weighted by atomic mass is 16.7. The molecule has 1 amide bonds. The van der Waals surface area contributed by atoms with Gasteiger partial charge in [0.15, 0.2) is 12.2 Å². The Hall–Kier alpha value is -4.62. The summed E-state index contributed by atoms with van der Waals surface area (Å²) in [5, 5.41) is 2.52. The zero-order valence-corrected chi connectivity index (χ0v) is 25.0. The van der Waals surface area contributed by atoms with Gasteiger partial charge in [-0.15, -0.1) is 0 Å². The highest BCUT2D eigenvalue weighted by molar-refractivity contribution is 5.92. The van der Waals surface area contributed by atoms with Crippen molar-refractivity contribution in [3.63, 3.8) is 0 Å². The number of hydrogen-bond donors (Lipinski definition) is 1. The van der Waals surface area contributed by atoms with E-state index in [9.17, 15) is 28.8 Å². The molecule has 0 radical (unpaired) electrons. The van der Waals surface area contributed by atoms with Crippen LogP contribution in [0, 0.1) is 0 Å². The van der Waals surface area contributed by atoms with Crippen molar-refractivity contribution in [2.75, 3.05) is 13.7 Å². The maximum absolute atomic E-state index is 14.0. The average Bonchev–Trinajstić information content (AvgIpc) is 2.98. The van der Waals surface area contributed by atoms with Crippen LogP contribution in [-0.4, -0.2) is 79.4 Å². The Morgan fingerprint density at radius 1 is 0.841 bits per heavy atom. The lowest BCUT2D eigenvalue weighted by molar-refractivity contribution is -0.288. The van der Waals surface area contributed by atoms with Crippen molar-refractivity contribution in [3.05, 3.63) is 71.8 Å². The molecular weight excluding hydrogens is 578 g/mol. The molecule has 3 rings (SSSR count). The molecule has 2 aromatic carbocycles. The zero-order valence-electron chi connectivity index (χ0n) is 25.0. The van der Waals surface area contributed by atoms with Gasteiger partial charge < -0.3 is 33.7 Å². The predicted octanol–water partition coefficient (Wildman–Crippen LogP) is 1.95. The van der Waals surface area contributed by atoms with Crippen molar-refractivity contribution >= 4 is 35.6 Å². The van der Waals surface area contributed by atoms with Gasteiger partial charge in [0, 0.05) is 34.8 Å². The van der Waals surface area contributed by atoms with E-state index in [2.05, 4.69) is 5.32 Å². The Morgan fingerprint density at radius 3 is 1.86 bits per heavy atom. The molecule has 1 fully saturated rings. The minimum atomic E-state index is -2.35. The van der Waals surface area contributed by atoms with Gasteiger partial charge in [0.1, 0.15) is 18.8 Å². The van der Waals surface area contributed by atoms with Crippen molar-refractivity contribution in [1.29, 1.82) is 0 Å². The molecule has 2 aromatic rings. The highest BCUT2D eigenvalue weighted by Crippen LogP contribution is 2.37. The van der Waals surface area contributed by atoms with Gasteiger partial charge in [0.05, 0.1) is 12.5 Å². The van der Waals surface area contributed by atoms with E-state index in [0.29, 0.717) is 11.1 Å². The molecular formula is C31H35NO12. The maximum atomic E-state index is 14.0. The Kier molecular flexibility index (Phi) is 11.7. The number of ether oxygens (including phenoxy) is 6. The van der Waals surface area contributed by atoms with Gasteiger partial charge in [-0.05, 0) is 11.1 Å². The molecule has 0 bridgehead atoms. The van der Waals surface area contributed by atoms with E-state index in [-0.39, 0.29) is 0 Å². The van der Waals surface area contributed by atoms with Crippen LogP contribution in [0.4, 0.5) is 0 Å². The number of hydrogen-bond acceptors (Lipinski definition) is 12. The Labute approximate surface area is 254 Å². The van der Waals surface area contributed by atoms with Gasteiger partial charge in [0.25, 0.3) is 5.79 Å². The Bertz CT molecular complexity index is 1310. The van der Waals surface area contributed by atoms with Gasteiger partial charge in [-0.2, -0.15) is 0 Å². The van der Waals surface area contributed by atoms with Crippen LogP contribution in [0.15, 0.2) is 60.7 Å². The van der Waals surface area contributed by atoms with E-state index < -0.39 is 84.8 Å². The molecule has 13 nitrogen and oxygen atoms in total. The molecule has 0 aromatic heterocycles. The molecule has 44 heavy (non-hydrogen) atoms. The quantitative estimate of drug-likeness (QED) is 0.273. The number of benzene rings is 2. The smallest absolute Gasteiger partial charge is 0.367 e. The van der Waals surface area contributed by atoms with Gasteiger partial charge >= 0.3 is 23.9 Å². The first-order valence-corrected chi connectivity index (χ1v) is 13.7. The van der Waals surface area contributed by atoms with Gasteiger partial charge in [-0.3, -0.25) is 24.0 Å². The van der Waals surface area contributed by atoms with E-state index >= 15 is 0 Å². The van der Waals surface area contributed by atoms with Crippen LogP contribution in [-0.2, 0) is 57.2 Å². The molecule has 13 heteroatoms. The van der Waals surface area contributed by atoms with Crippen molar-refractivity contribution in [2.45, 2.75) is 70.4 Å². The van der Waals surface area contributed by atoms with E-state index in [1.165, 1.54) is 0 Å². The molecule has 1 aliphatic heterocycles. The molecule has 1 saturated heterocycles. The minimum Gasteiger partial charge on any atom is -0.461 e. The molecule has 0 unspecified atom stereocenters. The van der Waals surface area contributed by atoms with Gasteiger partial charge in [-0.1, -0.05) is 60.7 Å². The highest BCUT2D eigenvalue weighted by Gasteiger charge is 2.58. The number of carbonyl (C=O) groups excluding carboxylic acids is 6. The molecule has 0 spiro atoms. The van der Waals surface area contributed by atoms with Crippen LogP contribution in [0.5, 0.6) is 0 Å². The molecule has 0 aliphatic carbocycles. The van der Waals surface area contributed by atoms with E-state index in [0.717, 1.165) is 34.8 Å². The summed E-state index contributed by atoms with van der Waals surface area (Å²) in [6.45, 7) is 3.70. The fourth-order valence-electron chi connectivity index (χ4n) is 4.76. The number of carbonyl (C=O) groups is 6. The van der Waals surface area contributed by atoms with E-state index in [1.54, 1.807) is 60.7 Å². The number of rotatable bonds is 12. The van der Waals surface area contributed by atoms with E-state index in [1.807, 2.05) is 0 Å². The number of esters is 4. The van der Waals surface area contributed by atoms with E-state index in [4.69, 9.17) is 28.4 Å². The summed E-state index contributed by atoms with van der Waals surface area (Å²) in [5.74, 6) is -7.49. The van der Waals surface area contributed by atoms with Crippen molar-refractivity contribution in [3.8, 4) is 0 Å². The first-order valence-electron chi connectivity index (χ1n) is 13.7. The zero-order chi connectivity index (χ0) is 32.4. The molecule has 1 heterocycles. The lowest BCUT2D eigenvalue weighted by atomic mass is 9.89. The second kappa shape index (κ2) is 15.2. The first kappa shape index (κ1) is 33.9. The molecule has 1 N–H and O–H groups in total. The summed E-state index contributed by atoms with van der Waals surface area (Å²) >= 11 is 0. The van der Waals surface area contributed by atoms with Crippen LogP contribution in [0.1, 0.15) is 51.3 Å². The lowest BCUT2D eigenvalue weighted by Gasteiger charge is -2.45. The number of nitrogens with one attached hydrogen (secondary N) is 1. The summed E-state index contributed by atoms with van der Waals surface area (Å²) in [6.07, 6.45) is -6.30. The van der Waals surface area contributed by atoms with Gasteiger partial charge in [0.2, 0.25) is 11.7 Å². The molecule has 1 aliphatic rings. The molecule has 236 valence electrons. The van der Waals surface area contributed by atoms with Crippen LogP contribution >= 0.6 is 0 Å². The third kappa shape index (κ3) is 8.71. The average molecular weight is 614 g/mol. The minimum absolute atomic E-state index is 0.491. The Balaban J connectivity index is 2.08. The van der Waals surface area contributed by atoms with Crippen LogP contribution in [0.3, 0.4) is 0 Å². The lowest BCUT2D eigenvalue weighted by Crippen LogP contribution is -2.67. The SMILES string of the molecule is CO[C@@]1(C(=O)OC(c2ccccc2)c2ccccc2)C[C@H](OC(C)=O)[C@@H](NC(C)=O)[C@H](C(=O)[C@@H](COC(C)=O)OC(C)=O)O1. The third-order valence-electron chi connectivity index (χ3n) is 6.62.